The first kappa shape index (κ1) is 23.4. The van der Waals surface area contributed by atoms with E-state index in [2.05, 4.69) is 55.4 Å². The molecule has 182 valence electrons. The molecule has 11 atom stereocenters. The Balaban J connectivity index is 1.55. The van der Waals surface area contributed by atoms with E-state index >= 15 is 0 Å². The van der Waals surface area contributed by atoms with Crippen molar-refractivity contribution in [3.63, 3.8) is 0 Å². The molecule has 5 rings (SSSR count). The van der Waals surface area contributed by atoms with Crippen molar-refractivity contribution in [2.24, 2.45) is 62.6 Å². The maximum atomic E-state index is 13.1. The number of hydrogen-bond acceptors (Lipinski definition) is 2. The summed E-state index contributed by atoms with van der Waals surface area (Å²) >= 11 is 0. The lowest BCUT2D eigenvalue weighted by Crippen LogP contribution is -2.68. The third-order valence-corrected chi connectivity index (χ3v) is 13.8. The number of carbonyl (C=O) groups excluding carboxylic acids is 1. The van der Waals surface area contributed by atoms with E-state index in [-0.39, 0.29) is 16.6 Å². The van der Waals surface area contributed by atoms with E-state index in [0.717, 1.165) is 23.7 Å². The van der Waals surface area contributed by atoms with Gasteiger partial charge in [0.2, 0.25) is 0 Å². The lowest BCUT2D eigenvalue weighted by Gasteiger charge is -2.73. The lowest BCUT2D eigenvalue weighted by atomic mass is 9.31. The number of hydrogen-bond donors (Lipinski definition) is 1. The smallest absolute Gasteiger partial charge is 0.162 e. The molecule has 0 amide bonds. The average molecular weight is 443 g/mol. The second kappa shape index (κ2) is 6.86. The van der Waals surface area contributed by atoms with Gasteiger partial charge in [-0.2, -0.15) is 0 Å². The summed E-state index contributed by atoms with van der Waals surface area (Å²) in [5.74, 6) is 4.53. The molecule has 2 nitrogen and oxygen atoms in total. The van der Waals surface area contributed by atoms with Gasteiger partial charge in [-0.25, -0.2) is 0 Å². The highest BCUT2D eigenvalue weighted by Gasteiger charge is 2.70. The molecule has 1 N–H and O–H groups in total. The summed E-state index contributed by atoms with van der Waals surface area (Å²) in [6, 6.07) is 0. The van der Waals surface area contributed by atoms with Crippen LogP contribution in [0.4, 0.5) is 0 Å². The van der Waals surface area contributed by atoms with Crippen LogP contribution in [-0.4, -0.2) is 17.0 Å². The van der Waals surface area contributed by atoms with Crippen molar-refractivity contribution in [1.82, 2.24) is 0 Å². The van der Waals surface area contributed by atoms with Crippen molar-refractivity contribution < 1.29 is 9.90 Å². The maximum absolute atomic E-state index is 13.1. The van der Waals surface area contributed by atoms with Crippen molar-refractivity contribution in [3.8, 4) is 0 Å². The Morgan fingerprint density at radius 1 is 0.781 bits per heavy atom. The van der Waals surface area contributed by atoms with E-state index in [1.165, 1.54) is 51.4 Å². The third kappa shape index (κ3) is 2.66. The standard InChI is InChI=1S/C30H50O2/c1-18-11-13-27(5)15-16-29(7)20(24(27)19(18)2)9-10-23-28(6)17-21(31)25(32)26(3,4)22(28)12-14-30(23,29)8/h18-20,22-25,32H,9-17H2,1-8H3/t18-,19+,20-,22?,23-,24+,25?,27-,28+,29-,30-/m1/s1. The first-order chi connectivity index (χ1) is 14.7. The summed E-state index contributed by atoms with van der Waals surface area (Å²) in [4.78, 5) is 13.1. The van der Waals surface area contributed by atoms with Crippen LogP contribution in [0.25, 0.3) is 0 Å². The number of aliphatic hydroxyl groups excluding tert-OH is 1. The molecule has 5 aliphatic carbocycles. The van der Waals surface area contributed by atoms with E-state index in [1.54, 1.807) is 0 Å². The largest absolute Gasteiger partial charge is 0.385 e. The van der Waals surface area contributed by atoms with Gasteiger partial charge < -0.3 is 5.11 Å². The van der Waals surface area contributed by atoms with Crippen LogP contribution < -0.4 is 0 Å². The monoisotopic (exact) mass is 442 g/mol. The molecule has 32 heavy (non-hydrogen) atoms. The molecule has 5 fully saturated rings. The molecule has 0 aromatic rings. The van der Waals surface area contributed by atoms with Crippen LogP contribution in [0.3, 0.4) is 0 Å². The van der Waals surface area contributed by atoms with Gasteiger partial charge >= 0.3 is 0 Å². The van der Waals surface area contributed by atoms with Gasteiger partial charge in [-0.05, 0) is 109 Å². The van der Waals surface area contributed by atoms with Gasteiger partial charge in [0, 0.05) is 11.8 Å². The normalized spacial score (nSPS) is 59.4. The van der Waals surface area contributed by atoms with Crippen molar-refractivity contribution in [3.05, 3.63) is 0 Å². The molecule has 2 heteroatoms. The Hall–Kier alpha value is -0.370. The van der Waals surface area contributed by atoms with Crippen molar-refractivity contribution in [2.45, 2.75) is 119 Å². The Labute approximate surface area is 197 Å². The van der Waals surface area contributed by atoms with Gasteiger partial charge in [-0.15, -0.1) is 0 Å². The van der Waals surface area contributed by atoms with Crippen LogP contribution in [0.1, 0.15) is 113 Å². The van der Waals surface area contributed by atoms with Gasteiger partial charge in [0.05, 0.1) is 0 Å². The van der Waals surface area contributed by atoms with E-state index in [9.17, 15) is 9.90 Å². The number of aliphatic hydroxyl groups is 1. The number of rotatable bonds is 0. The molecule has 0 heterocycles. The summed E-state index contributed by atoms with van der Waals surface area (Å²) in [6.07, 6.45) is 10.5. The Morgan fingerprint density at radius 3 is 2.16 bits per heavy atom. The maximum Gasteiger partial charge on any atom is 0.162 e. The molecule has 0 radical (unpaired) electrons. The molecule has 0 aromatic carbocycles. The fourth-order valence-electron chi connectivity index (χ4n) is 11.6. The molecule has 0 bridgehead atoms. The van der Waals surface area contributed by atoms with Crippen LogP contribution in [0.2, 0.25) is 0 Å². The Morgan fingerprint density at radius 2 is 1.47 bits per heavy atom. The second-order valence-electron chi connectivity index (χ2n) is 15.1. The third-order valence-electron chi connectivity index (χ3n) is 13.8. The first-order valence-electron chi connectivity index (χ1n) is 13.9. The van der Waals surface area contributed by atoms with Crippen LogP contribution in [0, 0.1) is 62.6 Å². The zero-order valence-electron chi connectivity index (χ0n) is 22.3. The van der Waals surface area contributed by atoms with Gasteiger partial charge in [-0.1, -0.05) is 55.4 Å². The predicted octanol–water partition coefficient (Wildman–Crippen LogP) is 7.28. The minimum absolute atomic E-state index is 0.0347. The van der Waals surface area contributed by atoms with Crippen LogP contribution in [0.5, 0.6) is 0 Å². The molecular formula is C30H50O2. The van der Waals surface area contributed by atoms with Crippen LogP contribution in [0.15, 0.2) is 0 Å². The summed E-state index contributed by atoms with van der Waals surface area (Å²) in [5.41, 5.74) is 0.951. The topological polar surface area (TPSA) is 37.3 Å². The number of Topliss-reactive ketones (excluding diaryl/α,β-unsaturated/α-hetero) is 1. The quantitative estimate of drug-likeness (QED) is 0.428. The minimum Gasteiger partial charge on any atom is -0.385 e. The highest BCUT2D eigenvalue weighted by molar-refractivity contribution is 5.85. The van der Waals surface area contributed by atoms with E-state index in [1.807, 2.05) is 0 Å². The van der Waals surface area contributed by atoms with E-state index in [4.69, 9.17) is 0 Å². The number of carbonyl (C=O) groups is 1. The van der Waals surface area contributed by atoms with Crippen molar-refractivity contribution >= 4 is 5.78 Å². The molecule has 2 unspecified atom stereocenters. The van der Waals surface area contributed by atoms with Crippen molar-refractivity contribution in [2.75, 3.05) is 0 Å². The second-order valence-corrected chi connectivity index (χ2v) is 15.1. The van der Waals surface area contributed by atoms with Crippen molar-refractivity contribution in [1.29, 1.82) is 0 Å². The molecule has 0 aliphatic heterocycles. The van der Waals surface area contributed by atoms with E-state index < -0.39 is 6.10 Å². The number of ketones is 1. The number of fused-ring (bicyclic) bond motifs is 7. The lowest BCUT2D eigenvalue weighted by molar-refractivity contribution is -0.251. The van der Waals surface area contributed by atoms with Gasteiger partial charge in [0.1, 0.15) is 6.10 Å². The highest BCUT2D eigenvalue weighted by atomic mass is 16.3. The highest BCUT2D eigenvalue weighted by Crippen LogP contribution is 2.76. The molecule has 5 aliphatic rings. The fourth-order valence-corrected chi connectivity index (χ4v) is 11.6. The van der Waals surface area contributed by atoms with Gasteiger partial charge in [0.25, 0.3) is 0 Å². The minimum atomic E-state index is -0.781. The average Bonchev–Trinajstić information content (AvgIpc) is 2.70. The van der Waals surface area contributed by atoms with Gasteiger partial charge in [0.15, 0.2) is 5.78 Å². The Bertz CT molecular complexity index is 801. The van der Waals surface area contributed by atoms with Crippen LogP contribution >= 0.6 is 0 Å². The van der Waals surface area contributed by atoms with E-state index in [0.29, 0.717) is 34.5 Å². The summed E-state index contributed by atoms with van der Waals surface area (Å²) in [6.45, 7) is 19.8. The van der Waals surface area contributed by atoms with Crippen LogP contribution in [-0.2, 0) is 4.79 Å². The molecule has 0 aromatic heterocycles. The molecular weight excluding hydrogens is 392 g/mol. The summed E-state index contributed by atoms with van der Waals surface area (Å²) in [5, 5.41) is 10.8. The summed E-state index contributed by atoms with van der Waals surface area (Å²) < 4.78 is 0. The molecule has 0 spiro atoms. The molecule has 0 saturated heterocycles. The Kier molecular flexibility index (Phi) is 5.01. The zero-order chi connectivity index (χ0) is 23.5. The first-order valence-corrected chi connectivity index (χ1v) is 13.9. The van der Waals surface area contributed by atoms with Gasteiger partial charge in [-0.3, -0.25) is 4.79 Å². The summed E-state index contributed by atoms with van der Waals surface area (Å²) in [7, 11) is 0. The zero-order valence-corrected chi connectivity index (χ0v) is 22.3. The predicted molar refractivity (Wildman–Crippen MR) is 131 cm³/mol. The fraction of sp³-hybridized carbons (Fsp3) is 0.967. The molecule has 5 saturated carbocycles. The SMILES string of the molecule is C[C@@H]1[C@H]2[C@H]3CC[C@@H]4[C@@]5(C)CC(=O)C(O)C(C)(C)C5CC[C@@]4(C)[C@]3(C)CC[C@@]2(C)CC[C@H]1C.